The van der Waals surface area contributed by atoms with E-state index in [1.54, 1.807) is 0 Å². The largest absolute Gasteiger partial charge is 0.411 e. The summed E-state index contributed by atoms with van der Waals surface area (Å²) in [6.07, 6.45) is 2.18. The molecule has 1 aromatic carbocycles. The lowest BCUT2D eigenvalue weighted by Gasteiger charge is -2.30. The van der Waals surface area contributed by atoms with Gasteiger partial charge in [-0.05, 0) is 30.9 Å². The third-order valence-corrected chi connectivity index (χ3v) is 4.69. The van der Waals surface area contributed by atoms with Gasteiger partial charge in [-0.25, -0.2) is 0 Å². The van der Waals surface area contributed by atoms with Crippen LogP contribution in [0.2, 0.25) is 0 Å². The van der Waals surface area contributed by atoms with Gasteiger partial charge < -0.3 is 9.32 Å². The van der Waals surface area contributed by atoms with E-state index in [-0.39, 0.29) is 5.91 Å². The molecule has 1 saturated heterocycles. The Bertz CT molecular complexity index is 621. The van der Waals surface area contributed by atoms with E-state index in [0.29, 0.717) is 16.9 Å². The molecule has 1 fully saturated rings. The molecule has 0 radical (unpaired) electrons. The molecule has 0 atom stereocenters. The van der Waals surface area contributed by atoms with Crippen LogP contribution in [-0.2, 0) is 4.79 Å². The van der Waals surface area contributed by atoms with Gasteiger partial charge in [-0.2, -0.15) is 0 Å². The second-order valence-corrected chi connectivity index (χ2v) is 6.52. The average molecular weight is 317 g/mol. The van der Waals surface area contributed by atoms with Crippen LogP contribution in [0.25, 0.3) is 11.5 Å². The van der Waals surface area contributed by atoms with Crippen LogP contribution in [0.3, 0.4) is 0 Å². The molecular weight excluding hydrogens is 298 g/mol. The number of rotatable bonds is 4. The number of amides is 1. The molecule has 1 aliphatic heterocycles. The van der Waals surface area contributed by atoms with Crippen LogP contribution in [0.5, 0.6) is 0 Å². The molecule has 0 unspecified atom stereocenters. The Morgan fingerprint density at radius 1 is 1.27 bits per heavy atom. The standard InChI is InChI=1S/C16H19N3O2S/c1-12-7-9-19(10-8-12)14(20)11-22-16-18-17-15(21-16)13-5-3-2-4-6-13/h2-6,12H,7-11H2,1H3. The Labute approximate surface area is 134 Å². The highest BCUT2D eigenvalue weighted by Crippen LogP contribution is 2.24. The van der Waals surface area contributed by atoms with E-state index < -0.39 is 0 Å². The fraction of sp³-hybridized carbons (Fsp3) is 0.438. The third-order valence-electron chi connectivity index (χ3n) is 3.88. The van der Waals surface area contributed by atoms with E-state index in [9.17, 15) is 4.79 Å². The predicted octanol–water partition coefficient (Wildman–Crippen LogP) is 3.09. The van der Waals surface area contributed by atoms with Crippen molar-refractivity contribution in [2.24, 2.45) is 5.92 Å². The normalized spacial score (nSPS) is 16.0. The molecule has 3 rings (SSSR count). The van der Waals surface area contributed by atoms with Crippen LogP contribution in [0.1, 0.15) is 19.8 Å². The molecule has 2 aromatic rings. The first kappa shape index (κ1) is 15.1. The quantitative estimate of drug-likeness (QED) is 0.811. The van der Waals surface area contributed by atoms with E-state index >= 15 is 0 Å². The van der Waals surface area contributed by atoms with E-state index in [2.05, 4.69) is 17.1 Å². The van der Waals surface area contributed by atoms with Crippen LogP contribution >= 0.6 is 11.8 Å². The number of nitrogens with zero attached hydrogens (tertiary/aromatic N) is 3. The van der Waals surface area contributed by atoms with Gasteiger partial charge in [0.25, 0.3) is 5.22 Å². The van der Waals surface area contributed by atoms with Crippen molar-refractivity contribution in [1.29, 1.82) is 0 Å². The summed E-state index contributed by atoms with van der Waals surface area (Å²) in [5, 5.41) is 8.46. The second-order valence-electron chi connectivity index (χ2n) is 5.59. The number of thioether (sulfide) groups is 1. The maximum Gasteiger partial charge on any atom is 0.277 e. The Morgan fingerprint density at radius 2 is 2.00 bits per heavy atom. The minimum absolute atomic E-state index is 0.149. The van der Waals surface area contributed by atoms with Crippen molar-refractivity contribution in [2.75, 3.05) is 18.8 Å². The van der Waals surface area contributed by atoms with Crippen molar-refractivity contribution in [3.63, 3.8) is 0 Å². The first-order valence-electron chi connectivity index (χ1n) is 7.52. The van der Waals surface area contributed by atoms with Crippen LogP contribution in [0.15, 0.2) is 40.0 Å². The van der Waals surface area contributed by atoms with E-state index in [4.69, 9.17) is 4.42 Å². The van der Waals surface area contributed by atoms with Gasteiger partial charge in [0.05, 0.1) is 5.75 Å². The van der Waals surface area contributed by atoms with Gasteiger partial charge in [-0.3, -0.25) is 4.79 Å². The molecule has 0 aliphatic carbocycles. The highest BCUT2D eigenvalue weighted by molar-refractivity contribution is 7.99. The molecule has 0 spiro atoms. The molecule has 1 aromatic heterocycles. The SMILES string of the molecule is CC1CCN(C(=O)CSc2nnc(-c3ccccc3)o2)CC1. The zero-order valence-electron chi connectivity index (χ0n) is 12.6. The van der Waals surface area contributed by atoms with Crippen LogP contribution in [-0.4, -0.2) is 39.8 Å². The minimum Gasteiger partial charge on any atom is -0.411 e. The summed E-state index contributed by atoms with van der Waals surface area (Å²) < 4.78 is 5.59. The molecule has 0 bridgehead atoms. The Balaban J connectivity index is 1.54. The molecule has 116 valence electrons. The molecule has 6 heteroatoms. The Hall–Kier alpha value is -1.82. The van der Waals surface area contributed by atoms with E-state index in [0.717, 1.165) is 37.4 Å². The van der Waals surface area contributed by atoms with Gasteiger partial charge >= 0.3 is 0 Å². The highest BCUT2D eigenvalue weighted by Gasteiger charge is 2.21. The lowest BCUT2D eigenvalue weighted by atomic mass is 9.99. The summed E-state index contributed by atoms with van der Waals surface area (Å²) in [6, 6.07) is 9.62. The Kier molecular flexibility index (Phi) is 4.77. The number of carbonyl (C=O) groups excluding carboxylic acids is 1. The zero-order valence-corrected chi connectivity index (χ0v) is 13.4. The van der Waals surface area contributed by atoms with Gasteiger partial charge in [0.1, 0.15) is 0 Å². The lowest BCUT2D eigenvalue weighted by molar-refractivity contribution is -0.129. The van der Waals surface area contributed by atoms with Crippen LogP contribution in [0, 0.1) is 5.92 Å². The van der Waals surface area contributed by atoms with Gasteiger partial charge in [0.15, 0.2) is 0 Å². The summed E-state index contributed by atoms with van der Waals surface area (Å²) in [5.74, 6) is 1.71. The number of likely N-dealkylation sites (tertiary alicyclic amines) is 1. The second kappa shape index (κ2) is 6.96. The third kappa shape index (κ3) is 3.68. The number of carbonyl (C=O) groups is 1. The van der Waals surface area contributed by atoms with Gasteiger partial charge in [0, 0.05) is 18.7 Å². The summed E-state index contributed by atoms with van der Waals surface area (Å²) in [4.78, 5) is 14.1. The number of piperidine rings is 1. The maximum absolute atomic E-state index is 12.2. The topological polar surface area (TPSA) is 59.2 Å². The van der Waals surface area contributed by atoms with E-state index in [1.807, 2.05) is 35.2 Å². The van der Waals surface area contributed by atoms with Gasteiger partial charge in [0.2, 0.25) is 11.8 Å². The number of hydrogen-bond acceptors (Lipinski definition) is 5. The molecular formula is C16H19N3O2S. The first-order valence-corrected chi connectivity index (χ1v) is 8.50. The van der Waals surface area contributed by atoms with Crippen molar-refractivity contribution >= 4 is 17.7 Å². The summed E-state index contributed by atoms with van der Waals surface area (Å²) in [6.45, 7) is 3.96. The molecule has 1 amide bonds. The van der Waals surface area contributed by atoms with Crippen LogP contribution in [0.4, 0.5) is 0 Å². The zero-order chi connectivity index (χ0) is 15.4. The molecule has 5 nitrogen and oxygen atoms in total. The van der Waals surface area contributed by atoms with Crippen molar-refractivity contribution < 1.29 is 9.21 Å². The van der Waals surface area contributed by atoms with Gasteiger partial charge in [-0.15, -0.1) is 10.2 Å². The molecule has 1 aliphatic rings. The van der Waals surface area contributed by atoms with Gasteiger partial charge in [-0.1, -0.05) is 36.9 Å². The van der Waals surface area contributed by atoms with Crippen molar-refractivity contribution in [1.82, 2.24) is 15.1 Å². The number of benzene rings is 1. The molecule has 2 heterocycles. The minimum atomic E-state index is 0.149. The smallest absolute Gasteiger partial charge is 0.277 e. The monoisotopic (exact) mass is 317 g/mol. The lowest BCUT2D eigenvalue weighted by Crippen LogP contribution is -2.38. The average Bonchev–Trinajstić information content (AvgIpc) is 3.03. The molecule has 0 N–H and O–H groups in total. The van der Waals surface area contributed by atoms with Crippen molar-refractivity contribution in [3.05, 3.63) is 30.3 Å². The van der Waals surface area contributed by atoms with Crippen molar-refractivity contribution in [3.8, 4) is 11.5 Å². The van der Waals surface area contributed by atoms with Crippen LogP contribution < -0.4 is 0 Å². The fourth-order valence-corrected chi connectivity index (χ4v) is 3.10. The summed E-state index contributed by atoms with van der Waals surface area (Å²) >= 11 is 1.31. The maximum atomic E-state index is 12.2. The fourth-order valence-electron chi connectivity index (χ4n) is 2.44. The molecule has 0 saturated carbocycles. The highest BCUT2D eigenvalue weighted by atomic mass is 32.2. The van der Waals surface area contributed by atoms with Crippen molar-refractivity contribution in [2.45, 2.75) is 25.0 Å². The first-order chi connectivity index (χ1) is 10.7. The predicted molar refractivity (Wildman–Crippen MR) is 85.4 cm³/mol. The Morgan fingerprint density at radius 3 is 2.73 bits per heavy atom. The summed E-state index contributed by atoms with van der Waals surface area (Å²) in [7, 11) is 0. The molecule has 22 heavy (non-hydrogen) atoms. The summed E-state index contributed by atoms with van der Waals surface area (Å²) in [5.41, 5.74) is 0.887. The number of aromatic nitrogens is 2. The number of hydrogen-bond donors (Lipinski definition) is 0. The van der Waals surface area contributed by atoms with E-state index in [1.165, 1.54) is 11.8 Å².